The average molecular weight is 380 g/mol. The van der Waals surface area contributed by atoms with Gasteiger partial charge in [-0.3, -0.25) is 0 Å². The molecule has 0 aliphatic carbocycles. The van der Waals surface area contributed by atoms with E-state index in [4.69, 9.17) is 0 Å². The van der Waals surface area contributed by atoms with Crippen molar-refractivity contribution in [1.29, 1.82) is 0 Å². The van der Waals surface area contributed by atoms with Crippen molar-refractivity contribution in [3.8, 4) is 5.75 Å². The van der Waals surface area contributed by atoms with Crippen molar-refractivity contribution in [3.05, 3.63) is 60.2 Å². The summed E-state index contributed by atoms with van der Waals surface area (Å²) >= 11 is 1.76. The average Bonchev–Trinajstić information content (AvgIpc) is 2.63. The molecule has 0 heterocycles. The van der Waals surface area contributed by atoms with E-state index in [0.29, 0.717) is 19.5 Å². The topological polar surface area (TPSA) is 50.4 Å². The fourth-order valence-corrected chi connectivity index (χ4v) is 3.08. The van der Waals surface area contributed by atoms with E-state index < -0.39 is 6.61 Å². The van der Waals surface area contributed by atoms with Crippen molar-refractivity contribution in [1.82, 2.24) is 10.6 Å². The lowest BCUT2D eigenvalue weighted by Crippen LogP contribution is -2.37. The van der Waals surface area contributed by atoms with Crippen LogP contribution in [-0.2, 0) is 6.42 Å². The van der Waals surface area contributed by atoms with E-state index in [1.165, 1.54) is 17.0 Å². The Bertz CT molecular complexity index is 654. The predicted octanol–water partition coefficient (Wildman–Crippen LogP) is 4.31. The molecule has 0 saturated heterocycles. The summed E-state index contributed by atoms with van der Waals surface area (Å²) in [5, 5.41) is 5.60. The summed E-state index contributed by atoms with van der Waals surface area (Å²) in [7, 11) is 0. The second-order valence-electron chi connectivity index (χ2n) is 5.47. The number of ether oxygens (including phenoxy) is 1. The van der Waals surface area contributed by atoms with Crippen LogP contribution in [0.2, 0.25) is 0 Å². The van der Waals surface area contributed by atoms with Crippen LogP contribution in [0.4, 0.5) is 13.6 Å². The summed E-state index contributed by atoms with van der Waals surface area (Å²) in [6.45, 7) is -1.73. The Labute approximate surface area is 156 Å². The monoisotopic (exact) mass is 380 g/mol. The zero-order chi connectivity index (χ0) is 18.6. The van der Waals surface area contributed by atoms with Gasteiger partial charge in [0.2, 0.25) is 0 Å². The highest BCUT2D eigenvalue weighted by atomic mass is 32.2. The number of nitrogens with one attached hydrogen (secondary N) is 2. The number of urea groups is 1. The number of hydrogen-bond acceptors (Lipinski definition) is 3. The highest BCUT2D eigenvalue weighted by molar-refractivity contribution is 7.99. The first-order chi connectivity index (χ1) is 12.6. The van der Waals surface area contributed by atoms with Gasteiger partial charge in [0, 0.05) is 18.0 Å². The third-order valence-electron chi connectivity index (χ3n) is 3.47. The molecule has 0 aromatic heterocycles. The quantitative estimate of drug-likeness (QED) is 0.477. The third-order valence-corrected chi connectivity index (χ3v) is 4.56. The number of benzene rings is 2. The van der Waals surface area contributed by atoms with Gasteiger partial charge in [-0.25, -0.2) is 4.79 Å². The largest absolute Gasteiger partial charge is 0.435 e. The smallest absolute Gasteiger partial charge is 0.387 e. The molecule has 4 nitrogen and oxygen atoms in total. The number of hydrogen-bond donors (Lipinski definition) is 2. The van der Waals surface area contributed by atoms with E-state index >= 15 is 0 Å². The van der Waals surface area contributed by atoms with Crippen LogP contribution in [0, 0.1) is 0 Å². The lowest BCUT2D eigenvalue weighted by Gasteiger charge is -2.08. The minimum absolute atomic E-state index is 0.128. The highest BCUT2D eigenvalue weighted by Gasteiger charge is 2.04. The molecule has 0 saturated carbocycles. The van der Waals surface area contributed by atoms with Crippen LogP contribution < -0.4 is 15.4 Å². The van der Waals surface area contributed by atoms with Gasteiger partial charge < -0.3 is 15.4 Å². The number of rotatable bonds is 10. The zero-order valence-corrected chi connectivity index (χ0v) is 15.1. The highest BCUT2D eigenvalue weighted by Crippen LogP contribution is 2.17. The molecule has 26 heavy (non-hydrogen) atoms. The first kappa shape index (κ1) is 20.0. The summed E-state index contributed by atoms with van der Waals surface area (Å²) in [4.78, 5) is 12.9. The van der Waals surface area contributed by atoms with Crippen molar-refractivity contribution < 1.29 is 18.3 Å². The van der Waals surface area contributed by atoms with Gasteiger partial charge in [-0.1, -0.05) is 30.3 Å². The molecule has 2 rings (SSSR count). The lowest BCUT2D eigenvalue weighted by atomic mass is 10.1. The number of carbonyl (C=O) groups excluding carboxylic acids is 1. The second kappa shape index (κ2) is 11.4. The van der Waals surface area contributed by atoms with E-state index in [9.17, 15) is 13.6 Å². The van der Waals surface area contributed by atoms with Gasteiger partial charge in [0.1, 0.15) is 5.75 Å². The van der Waals surface area contributed by atoms with Gasteiger partial charge in [0.25, 0.3) is 0 Å². The number of carbonyl (C=O) groups is 1. The first-order valence-electron chi connectivity index (χ1n) is 8.37. The molecule has 7 heteroatoms. The van der Waals surface area contributed by atoms with Crippen LogP contribution >= 0.6 is 11.8 Å². The van der Waals surface area contributed by atoms with Gasteiger partial charge in [-0.2, -0.15) is 8.78 Å². The maximum absolute atomic E-state index is 12.1. The van der Waals surface area contributed by atoms with E-state index in [1.54, 1.807) is 23.9 Å². The van der Waals surface area contributed by atoms with Gasteiger partial charge >= 0.3 is 12.6 Å². The van der Waals surface area contributed by atoms with Gasteiger partial charge in [-0.15, -0.1) is 11.8 Å². The number of alkyl halides is 2. The van der Waals surface area contributed by atoms with Crippen LogP contribution in [0.15, 0.2) is 59.5 Å². The standard InChI is InChI=1S/C19H22F2N2O2S/c20-18(21)25-16-9-7-15(8-10-16)11-13-23-19(24)22-12-4-14-26-17-5-2-1-3-6-17/h1-3,5-10,18H,4,11-14H2,(H2,22,23,24). The fourth-order valence-electron chi connectivity index (χ4n) is 2.20. The van der Waals surface area contributed by atoms with Crippen molar-refractivity contribution >= 4 is 17.8 Å². The van der Waals surface area contributed by atoms with Crippen LogP contribution in [0.25, 0.3) is 0 Å². The first-order valence-corrected chi connectivity index (χ1v) is 9.35. The summed E-state index contributed by atoms with van der Waals surface area (Å²) in [6.07, 6.45) is 1.50. The Balaban J connectivity index is 1.53. The molecule has 0 spiro atoms. The maximum atomic E-state index is 12.1. The van der Waals surface area contributed by atoms with Crippen LogP contribution in [0.3, 0.4) is 0 Å². The minimum Gasteiger partial charge on any atom is -0.435 e. The Hall–Kier alpha value is -2.28. The Morgan fingerprint density at radius 3 is 2.38 bits per heavy atom. The molecule has 2 N–H and O–H groups in total. The summed E-state index contributed by atoms with van der Waals surface area (Å²) in [6, 6.07) is 16.3. The number of amides is 2. The molecule has 0 fully saturated rings. The normalized spacial score (nSPS) is 10.6. The third kappa shape index (κ3) is 8.20. The molecule has 2 amide bonds. The van der Waals surface area contributed by atoms with Crippen molar-refractivity contribution in [2.24, 2.45) is 0 Å². The summed E-state index contributed by atoms with van der Waals surface area (Å²) < 4.78 is 28.4. The molecule has 0 atom stereocenters. The maximum Gasteiger partial charge on any atom is 0.387 e. The lowest BCUT2D eigenvalue weighted by molar-refractivity contribution is -0.0498. The molecule has 0 unspecified atom stereocenters. The van der Waals surface area contributed by atoms with E-state index in [2.05, 4.69) is 27.5 Å². The van der Waals surface area contributed by atoms with Crippen molar-refractivity contribution in [2.75, 3.05) is 18.8 Å². The van der Waals surface area contributed by atoms with E-state index in [-0.39, 0.29) is 11.8 Å². The van der Waals surface area contributed by atoms with Gasteiger partial charge in [0.05, 0.1) is 0 Å². The summed E-state index contributed by atoms with van der Waals surface area (Å²) in [5.74, 6) is 1.07. The molecule has 0 bridgehead atoms. The molecule has 0 aliphatic heterocycles. The zero-order valence-electron chi connectivity index (χ0n) is 14.3. The molecule has 2 aromatic rings. The Morgan fingerprint density at radius 2 is 1.69 bits per heavy atom. The SMILES string of the molecule is O=C(NCCCSc1ccccc1)NCCc1ccc(OC(F)F)cc1. The molecule has 0 aliphatic rings. The molecule has 0 radical (unpaired) electrons. The predicted molar refractivity (Wildman–Crippen MR) is 100.0 cm³/mol. The Morgan fingerprint density at radius 1 is 1.00 bits per heavy atom. The van der Waals surface area contributed by atoms with Gasteiger partial charge in [0.15, 0.2) is 0 Å². The van der Waals surface area contributed by atoms with E-state index in [0.717, 1.165) is 17.7 Å². The number of thioether (sulfide) groups is 1. The minimum atomic E-state index is -2.82. The van der Waals surface area contributed by atoms with Crippen LogP contribution in [0.1, 0.15) is 12.0 Å². The second-order valence-corrected chi connectivity index (χ2v) is 6.64. The molecule has 140 valence electrons. The van der Waals surface area contributed by atoms with E-state index in [1.807, 2.05) is 18.2 Å². The van der Waals surface area contributed by atoms with Crippen LogP contribution in [0.5, 0.6) is 5.75 Å². The molecular formula is C19H22F2N2O2S. The molecule has 2 aromatic carbocycles. The summed E-state index contributed by atoms with van der Waals surface area (Å²) in [5.41, 5.74) is 0.936. The van der Waals surface area contributed by atoms with Gasteiger partial charge in [-0.05, 0) is 48.4 Å². The fraction of sp³-hybridized carbons (Fsp3) is 0.316. The van der Waals surface area contributed by atoms with Crippen LogP contribution in [-0.4, -0.2) is 31.5 Å². The molecular weight excluding hydrogens is 358 g/mol. The van der Waals surface area contributed by atoms with Crippen molar-refractivity contribution in [3.63, 3.8) is 0 Å². The Kier molecular flexibility index (Phi) is 8.75. The van der Waals surface area contributed by atoms with Crippen molar-refractivity contribution in [2.45, 2.75) is 24.3 Å². The number of halogens is 2.